The summed E-state index contributed by atoms with van der Waals surface area (Å²) in [6.45, 7) is 5.82. The van der Waals surface area contributed by atoms with Crippen molar-refractivity contribution in [2.24, 2.45) is 5.92 Å². The second kappa shape index (κ2) is 4.44. The molecule has 0 unspecified atom stereocenters. The molecule has 2 heteroatoms. The summed E-state index contributed by atoms with van der Waals surface area (Å²) in [5.41, 5.74) is 1.89. The standard InChI is InChI=1S/C14H20O2/c1-9-10(2)16-11(3)13(9)14(15)12-7-5-4-6-8-12/h12H,4-8H2,1-3H3. The SMILES string of the molecule is Cc1oc(C)c(C(=O)C2CCCCC2)c1C. The van der Waals surface area contributed by atoms with Crippen molar-refractivity contribution >= 4 is 5.78 Å². The molecule has 1 saturated carbocycles. The maximum absolute atomic E-state index is 12.4. The van der Waals surface area contributed by atoms with Crippen molar-refractivity contribution in [3.63, 3.8) is 0 Å². The number of carbonyl (C=O) groups excluding carboxylic acids is 1. The number of Topliss-reactive ketones (excluding diaryl/α,β-unsaturated/α-hetero) is 1. The quantitative estimate of drug-likeness (QED) is 0.706. The van der Waals surface area contributed by atoms with E-state index in [1.54, 1.807) is 0 Å². The van der Waals surface area contributed by atoms with Crippen molar-refractivity contribution in [2.75, 3.05) is 0 Å². The lowest BCUT2D eigenvalue weighted by Crippen LogP contribution is -2.18. The molecule has 0 bridgehead atoms. The summed E-state index contributed by atoms with van der Waals surface area (Å²) in [5.74, 6) is 2.23. The molecule has 0 saturated heterocycles. The van der Waals surface area contributed by atoms with E-state index in [9.17, 15) is 4.79 Å². The lowest BCUT2D eigenvalue weighted by molar-refractivity contribution is 0.0887. The molecular formula is C14H20O2. The van der Waals surface area contributed by atoms with Gasteiger partial charge in [0.25, 0.3) is 0 Å². The molecule has 2 nitrogen and oxygen atoms in total. The minimum absolute atomic E-state index is 0.239. The second-order valence-electron chi connectivity index (χ2n) is 4.91. The van der Waals surface area contributed by atoms with Gasteiger partial charge in [-0.25, -0.2) is 0 Å². The van der Waals surface area contributed by atoms with Crippen LogP contribution in [0.15, 0.2) is 4.42 Å². The highest BCUT2D eigenvalue weighted by atomic mass is 16.3. The normalized spacial score (nSPS) is 17.7. The van der Waals surface area contributed by atoms with Crippen LogP contribution < -0.4 is 0 Å². The average Bonchev–Trinajstić information content (AvgIpc) is 2.54. The first-order chi connectivity index (χ1) is 7.61. The number of carbonyl (C=O) groups is 1. The molecule has 1 heterocycles. The second-order valence-corrected chi connectivity index (χ2v) is 4.91. The molecule has 2 rings (SSSR count). The molecule has 0 atom stereocenters. The van der Waals surface area contributed by atoms with Gasteiger partial charge in [-0.3, -0.25) is 4.79 Å². The van der Waals surface area contributed by atoms with Crippen LogP contribution >= 0.6 is 0 Å². The smallest absolute Gasteiger partial charge is 0.169 e. The van der Waals surface area contributed by atoms with Crippen LogP contribution in [0.3, 0.4) is 0 Å². The van der Waals surface area contributed by atoms with Crippen molar-refractivity contribution in [3.8, 4) is 0 Å². The molecule has 16 heavy (non-hydrogen) atoms. The number of rotatable bonds is 2. The zero-order valence-electron chi connectivity index (χ0n) is 10.4. The van der Waals surface area contributed by atoms with E-state index in [0.29, 0.717) is 5.78 Å². The van der Waals surface area contributed by atoms with Gasteiger partial charge >= 0.3 is 0 Å². The van der Waals surface area contributed by atoms with E-state index in [4.69, 9.17) is 4.42 Å². The van der Waals surface area contributed by atoms with Gasteiger partial charge in [0.05, 0.1) is 5.56 Å². The Morgan fingerprint density at radius 2 is 1.69 bits per heavy atom. The van der Waals surface area contributed by atoms with Gasteiger partial charge < -0.3 is 4.42 Å². The summed E-state index contributed by atoms with van der Waals surface area (Å²) in [4.78, 5) is 12.4. The largest absolute Gasteiger partial charge is 0.466 e. The summed E-state index contributed by atoms with van der Waals surface area (Å²) in [6.07, 6.45) is 5.80. The highest BCUT2D eigenvalue weighted by molar-refractivity contribution is 6.00. The van der Waals surface area contributed by atoms with E-state index in [-0.39, 0.29) is 5.92 Å². The van der Waals surface area contributed by atoms with E-state index < -0.39 is 0 Å². The minimum Gasteiger partial charge on any atom is -0.466 e. The van der Waals surface area contributed by atoms with Crippen LogP contribution in [0.4, 0.5) is 0 Å². The summed E-state index contributed by atoms with van der Waals surface area (Å²) >= 11 is 0. The minimum atomic E-state index is 0.239. The first-order valence-electron chi connectivity index (χ1n) is 6.22. The lowest BCUT2D eigenvalue weighted by Gasteiger charge is -2.20. The highest BCUT2D eigenvalue weighted by Gasteiger charge is 2.27. The number of hydrogen-bond acceptors (Lipinski definition) is 2. The maximum atomic E-state index is 12.4. The lowest BCUT2D eigenvalue weighted by atomic mass is 9.83. The fourth-order valence-electron chi connectivity index (χ4n) is 2.72. The van der Waals surface area contributed by atoms with Gasteiger partial charge in [-0.2, -0.15) is 0 Å². The zero-order valence-corrected chi connectivity index (χ0v) is 10.4. The van der Waals surface area contributed by atoms with Crippen LogP contribution in [0.25, 0.3) is 0 Å². The fraction of sp³-hybridized carbons (Fsp3) is 0.643. The van der Waals surface area contributed by atoms with Crippen LogP contribution in [-0.4, -0.2) is 5.78 Å². The average molecular weight is 220 g/mol. The van der Waals surface area contributed by atoms with Gasteiger partial charge in [0, 0.05) is 11.5 Å². The summed E-state index contributed by atoms with van der Waals surface area (Å²) in [6, 6.07) is 0. The number of ketones is 1. The third-order valence-electron chi connectivity index (χ3n) is 3.78. The van der Waals surface area contributed by atoms with E-state index in [1.165, 1.54) is 19.3 Å². The Balaban J connectivity index is 2.25. The summed E-state index contributed by atoms with van der Waals surface area (Å²) in [5, 5.41) is 0. The van der Waals surface area contributed by atoms with Crippen molar-refractivity contribution in [3.05, 3.63) is 22.6 Å². The number of furan rings is 1. The molecule has 1 aliphatic carbocycles. The molecule has 0 aromatic carbocycles. The number of hydrogen-bond donors (Lipinski definition) is 0. The molecule has 1 fully saturated rings. The predicted molar refractivity (Wildman–Crippen MR) is 63.8 cm³/mol. The topological polar surface area (TPSA) is 30.2 Å². The van der Waals surface area contributed by atoms with Crippen molar-refractivity contribution in [1.82, 2.24) is 0 Å². The Labute approximate surface area is 97.0 Å². The molecule has 0 amide bonds. The van der Waals surface area contributed by atoms with Gasteiger partial charge in [-0.1, -0.05) is 19.3 Å². The Kier molecular flexibility index (Phi) is 3.17. The van der Waals surface area contributed by atoms with Crippen molar-refractivity contribution < 1.29 is 9.21 Å². The van der Waals surface area contributed by atoms with Gasteiger partial charge in [-0.15, -0.1) is 0 Å². The van der Waals surface area contributed by atoms with Gasteiger partial charge in [0.1, 0.15) is 11.5 Å². The van der Waals surface area contributed by atoms with Crippen LogP contribution in [0.1, 0.15) is 59.5 Å². The highest BCUT2D eigenvalue weighted by Crippen LogP contribution is 2.30. The van der Waals surface area contributed by atoms with Gasteiger partial charge in [-0.05, 0) is 33.6 Å². The van der Waals surface area contributed by atoms with Gasteiger partial charge in [0.2, 0.25) is 0 Å². The van der Waals surface area contributed by atoms with E-state index in [0.717, 1.165) is 35.5 Å². The zero-order chi connectivity index (χ0) is 11.7. The van der Waals surface area contributed by atoms with Crippen LogP contribution in [0.2, 0.25) is 0 Å². The molecule has 1 aliphatic rings. The van der Waals surface area contributed by atoms with Crippen LogP contribution in [-0.2, 0) is 0 Å². The molecule has 0 radical (unpaired) electrons. The Hall–Kier alpha value is -1.05. The third kappa shape index (κ3) is 1.93. The molecule has 0 aliphatic heterocycles. The Morgan fingerprint density at radius 1 is 1.06 bits per heavy atom. The predicted octanol–water partition coefficient (Wildman–Crippen LogP) is 3.97. The monoisotopic (exact) mass is 220 g/mol. The molecular weight excluding hydrogens is 200 g/mol. The maximum Gasteiger partial charge on any atom is 0.169 e. The van der Waals surface area contributed by atoms with E-state index >= 15 is 0 Å². The van der Waals surface area contributed by atoms with Gasteiger partial charge in [0.15, 0.2) is 5.78 Å². The Bertz CT molecular complexity index is 395. The molecule has 88 valence electrons. The van der Waals surface area contributed by atoms with E-state index in [2.05, 4.69) is 0 Å². The molecule has 0 spiro atoms. The first kappa shape index (κ1) is 11.4. The first-order valence-corrected chi connectivity index (χ1v) is 6.22. The van der Waals surface area contributed by atoms with Crippen LogP contribution in [0.5, 0.6) is 0 Å². The summed E-state index contributed by atoms with van der Waals surface area (Å²) in [7, 11) is 0. The molecule has 1 aromatic heterocycles. The number of aryl methyl sites for hydroxylation is 2. The fourth-order valence-corrected chi connectivity index (χ4v) is 2.72. The molecule has 1 aromatic rings. The Morgan fingerprint density at radius 3 is 2.19 bits per heavy atom. The van der Waals surface area contributed by atoms with Crippen molar-refractivity contribution in [2.45, 2.75) is 52.9 Å². The van der Waals surface area contributed by atoms with Crippen molar-refractivity contribution in [1.29, 1.82) is 0 Å². The van der Waals surface area contributed by atoms with Crippen LogP contribution in [0, 0.1) is 26.7 Å². The summed E-state index contributed by atoms with van der Waals surface area (Å²) < 4.78 is 5.54. The third-order valence-corrected chi connectivity index (χ3v) is 3.78. The van der Waals surface area contributed by atoms with E-state index in [1.807, 2.05) is 20.8 Å². The molecule has 0 N–H and O–H groups in total.